The Hall–Kier alpha value is -1.12. The minimum Gasteiger partial charge on any atom is -0.466 e. The molecule has 0 aromatic heterocycles. The smallest absolute Gasteiger partial charge is 0.336 e. The summed E-state index contributed by atoms with van der Waals surface area (Å²) in [5.74, 6) is -0.291. The third kappa shape index (κ3) is 1.40. The molecule has 0 saturated heterocycles. The fourth-order valence-corrected chi connectivity index (χ4v) is 1.34. The van der Waals surface area contributed by atoms with E-state index >= 15 is 0 Å². The van der Waals surface area contributed by atoms with Crippen LogP contribution in [0.4, 0.5) is 0 Å². The quantitative estimate of drug-likeness (QED) is 0.553. The average molecular weight is 167 g/mol. The molecular weight excluding hydrogens is 154 g/mol. The summed E-state index contributed by atoms with van der Waals surface area (Å²) in [6, 6.07) is 0. The average Bonchev–Trinajstić information content (AvgIpc) is 2.23. The molecule has 0 amide bonds. The fraction of sp³-hybridized carbons (Fsp3) is 0.556. The van der Waals surface area contributed by atoms with Crippen molar-refractivity contribution in [3.05, 3.63) is 11.6 Å². The van der Waals surface area contributed by atoms with Crippen LogP contribution in [0.15, 0.2) is 16.6 Å². The molecule has 0 aromatic carbocycles. The molecule has 0 unspecified atom stereocenters. The van der Waals surface area contributed by atoms with Crippen molar-refractivity contribution >= 4 is 11.7 Å². The lowest BCUT2D eigenvalue weighted by Gasteiger charge is -2.16. The molecular formula is C9H13NO2. The fourth-order valence-electron chi connectivity index (χ4n) is 1.34. The van der Waals surface area contributed by atoms with E-state index in [0.717, 1.165) is 5.71 Å². The summed E-state index contributed by atoms with van der Waals surface area (Å²) >= 11 is 0. The van der Waals surface area contributed by atoms with E-state index in [1.807, 2.05) is 20.8 Å². The topological polar surface area (TPSA) is 38.7 Å². The molecule has 1 heterocycles. The lowest BCUT2D eigenvalue weighted by molar-refractivity contribution is -0.136. The van der Waals surface area contributed by atoms with Crippen LogP contribution >= 0.6 is 0 Å². The van der Waals surface area contributed by atoms with Crippen LogP contribution in [-0.4, -0.2) is 24.3 Å². The van der Waals surface area contributed by atoms with Crippen molar-refractivity contribution < 1.29 is 9.53 Å². The van der Waals surface area contributed by atoms with Crippen molar-refractivity contribution in [1.29, 1.82) is 0 Å². The van der Waals surface area contributed by atoms with E-state index in [0.29, 0.717) is 5.57 Å². The van der Waals surface area contributed by atoms with Crippen LogP contribution in [0.3, 0.4) is 0 Å². The molecule has 0 saturated carbocycles. The van der Waals surface area contributed by atoms with Gasteiger partial charge >= 0.3 is 5.97 Å². The Morgan fingerprint density at radius 3 is 2.50 bits per heavy atom. The van der Waals surface area contributed by atoms with Crippen LogP contribution in [0, 0.1) is 0 Å². The Morgan fingerprint density at radius 1 is 1.58 bits per heavy atom. The second-order valence-electron chi connectivity index (χ2n) is 3.36. The summed E-state index contributed by atoms with van der Waals surface area (Å²) in [5.41, 5.74) is 1.08. The molecule has 0 fully saturated rings. The van der Waals surface area contributed by atoms with E-state index in [4.69, 9.17) is 0 Å². The molecule has 0 aliphatic carbocycles. The predicted molar refractivity (Wildman–Crippen MR) is 47.3 cm³/mol. The standard InChI is InChI=1S/C9H13NO2/c1-6-5-7(8(11)12-4)9(2,3)10-6/h5H,1-4H3. The zero-order chi connectivity index (χ0) is 9.35. The first-order valence-corrected chi connectivity index (χ1v) is 3.84. The number of hydrogen-bond donors (Lipinski definition) is 0. The van der Waals surface area contributed by atoms with Crippen LogP contribution in [0.2, 0.25) is 0 Å². The second-order valence-corrected chi connectivity index (χ2v) is 3.36. The lowest BCUT2D eigenvalue weighted by atomic mass is 9.97. The van der Waals surface area contributed by atoms with E-state index in [2.05, 4.69) is 9.73 Å². The van der Waals surface area contributed by atoms with Crippen molar-refractivity contribution in [2.75, 3.05) is 7.11 Å². The third-order valence-corrected chi connectivity index (χ3v) is 1.87. The lowest BCUT2D eigenvalue weighted by Crippen LogP contribution is -2.24. The number of carbonyl (C=O) groups excluding carboxylic acids is 1. The number of esters is 1. The van der Waals surface area contributed by atoms with E-state index in [-0.39, 0.29) is 5.97 Å². The minimum atomic E-state index is -0.419. The summed E-state index contributed by atoms with van der Waals surface area (Å²) < 4.78 is 4.64. The number of nitrogens with zero attached hydrogens (tertiary/aromatic N) is 1. The molecule has 3 nitrogen and oxygen atoms in total. The van der Waals surface area contributed by atoms with E-state index < -0.39 is 5.54 Å². The molecule has 1 aliphatic rings. The van der Waals surface area contributed by atoms with Gasteiger partial charge in [-0.25, -0.2) is 4.79 Å². The van der Waals surface area contributed by atoms with Crippen LogP contribution < -0.4 is 0 Å². The molecule has 0 radical (unpaired) electrons. The molecule has 66 valence electrons. The van der Waals surface area contributed by atoms with E-state index in [1.165, 1.54) is 7.11 Å². The molecule has 0 bridgehead atoms. The highest BCUT2D eigenvalue weighted by Crippen LogP contribution is 2.27. The van der Waals surface area contributed by atoms with Gasteiger partial charge in [-0.15, -0.1) is 0 Å². The highest BCUT2D eigenvalue weighted by Gasteiger charge is 2.32. The molecule has 0 aromatic rings. The monoisotopic (exact) mass is 167 g/mol. The van der Waals surface area contributed by atoms with Crippen molar-refractivity contribution in [2.45, 2.75) is 26.3 Å². The van der Waals surface area contributed by atoms with Gasteiger partial charge in [0.25, 0.3) is 0 Å². The molecule has 12 heavy (non-hydrogen) atoms. The van der Waals surface area contributed by atoms with Crippen LogP contribution in [-0.2, 0) is 9.53 Å². The molecule has 1 aliphatic heterocycles. The number of carbonyl (C=O) groups is 1. The van der Waals surface area contributed by atoms with Crippen molar-refractivity contribution in [3.8, 4) is 0 Å². The maximum Gasteiger partial charge on any atom is 0.336 e. The largest absolute Gasteiger partial charge is 0.466 e. The van der Waals surface area contributed by atoms with Gasteiger partial charge in [0.05, 0.1) is 18.2 Å². The molecule has 0 atom stereocenters. The Bertz CT molecular complexity index is 274. The Labute approximate surface area is 72.1 Å². The van der Waals surface area contributed by atoms with E-state index in [9.17, 15) is 4.79 Å². The molecule has 1 rings (SSSR count). The first kappa shape index (κ1) is 8.97. The number of methoxy groups -OCH3 is 1. The first-order chi connectivity index (χ1) is 5.47. The maximum absolute atomic E-state index is 11.2. The van der Waals surface area contributed by atoms with Crippen LogP contribution in [0.25, 0.3) is 0 Å². The normalized spacial score (nSPS) is 20.0. The number of rotatable bonds is 1. The van der Waals surface area contributed by atoms with Gasteiger partial charge in [-0.05, 0) is 26.8 Å². The number of aliphatic imine (C=N–C) groups is 1. The van der Waals surface area contributed by atoms with Crippen molar-refractivity contribution in [1.82, 2.24) is 0 Å². The summed E-state index contributed by atoms with van der Waals surface area (Å²) in [6.07, 6.45) is 1.77. The van der Waals surface area contributed by atoms with Gasteiger partial charge in [0.2, 0.25) is 0 Å². The zero-order valence-electron chi connectivity index (χ0n) is 7.84. The number of hydrogen-bond acceptors (Lipinski definition) is 3. The SMILES string of the molecule is COC(=O)C1=CC(C)=NC1(C)C. The highest BCUT2D eigenvalue weighted by molar-refractivity contribution is 6.05. The molecule has 0 spiro atoms. The summed E-state index contributed by atoms with van der Waals surface area (Å²) in [5, 5.41) is 0. The van der Waals surface area contributed by atoms with E-state index in [1.54, 1.807) is 6.08 Å². The van der Waals surface area contributed by atoms with Crippen molar-refractivity contribution in [3.63, 3.8) is 0 Å². The van der Waals surface area contributed by atoms with Gasteiger partial charge in [-0.3, -0.25) is 4.99 Å². The zero-order valence-corrected chi connectivity index (χ0v) is 7.84. The van der Waals surface area contributed by atoms with Crippen LogP contribution in [0.1, 0.15) is 20.8 Å². The Balaban J connectivity index is 2.96. The summed E-state index contributed by atoms with van der Waals surface area (Å²) in [4.78, 5) is 15.5. The number of allylic oxidation sites excluding steroid dienone is 1. The highest BCUT2D eigenvalue weighted by atomic mass is 16.5. The first-order valence-electron chi connectivity index (χ1n) is 3.84. The maximum atomic E-state index is 11.2. The molecule has 3 heteroatoms. The molecule has 0 N–H and O–H groups in total. The van der Waals surface area contributed by atoms with Gasteiger partial charge < -0.3 is 4.74 Å². The predicted octanol–water partition coefficient (Wildman–Crippen LogP) is 1.34. The second kappa shape index (κ2) is 2.73. The minimum absolute atomic E-state index is 0.291. The number of ether oxygens (including phenoxy) is 1. The summed E-state index contributed by atoms with van der Waals surface area (Å²) in [7, 11) is 1.38. The van der Waals surface area contributed by atoms with Gasteiger partial charge in [0.1, 0.15) is 0 Å². The van der Waals surface area contributed by atoms with Gasteiger partial charge in [-0.2, -0.15) is 0 Å². The Morgan fingerprint density at radius 2 is 2.17 bits per heavy atom. The van der Waals surface area contributed by atoms with Gasteiger partial charge in [-0.1, -0.05) is 0 Å². The summed E-state index contributed by atoms with van der Waals surface area (Å²) in [6.45, 7) is 5.66. The van der Waals surface area contributed by atoms with Crippen LogP contribution in [0.5, 0.6) is 0 Å². The van der Waals surface area contributed by atoms with Gasteiger partial charge in [0, 0.05) is 5.71 Å². The van der Waals surface area contributed by atoms with Crippen molar-refractivity contribution in [2.24, 2.45) is 4.99 Å². The third-order valence-electron chi connectivity index (χ3n) is 1.87. The van der Waals surface area contributed by atoms with Gasteiger partial charge in [0.15, 0.2) is 0 Å². The Kier molecular flexibility index (Phi) is 2.04.